The zero-order valence-electron chi connectivity index (χ0n) is 12.9. The molecule has 0 spiro atoms. The Balaban J connectivity index is 2.43. The summed E-state index contributed by atoms with van der Waals surface area (Å²) >= 11 is 0. The average Bonchev–Trinajstić information content (AvgIpc) is 2.72. The van der Waals surface area contributed by atoms with E-state index in [2.05, 4.69) is 13.2 Å². The molecule has 1 fully saturated rings. The Labute approximate surface area is 130 Å². The molecule has 7 heteroatoms. The van der Waals surface area contributed by atoms with Gasteiger partial charge in [-0.15, -0.1) is 13.2 Å². The van der Waals surface area contributed by atoms with Crippen LogP contribution >= 0.6 is 0 Å². The Morgan fingerprint density at radius 3 is 1.68 bits per heavy atom. The van der Waals surface area contributed by atoms with Crippen molar-refractivity contribution in [3.05, 3.63) is 25.3 Å². The van der Waals surface area contributed by atoms with E-state index >= 15 is 0 Å². The van der Waals surface area contributed by atoms with E-state index in [4.69, 9.17) is 18.9 Å². The molecule has 1 rings (SSSR count). The smallest absolute Gasteiger partial charge is 0.261 e. The molecule has 1 heterocycles. The number of imide groups is 1. The van der Waals surface area contributed by atoms with Gasteiger partial charge in [0.15, 0.2) is 12.2 Å². The Bertz CT molecular complexity index is 361. The maximum atomic E-state index is 12.0. The third-order valence-corrected chi connectivity index (χ3v) is 2.94. The summed E-state index contributed by atoms with van der Waals surface area (Å²) in [5, 5.41) is 0. The molecule has 0 aromatic carbocycles. The second-order valence-corrected chi connectivity index (χ2v) is 4.55. The number of hydrogen-bond donors (Lipinski definition) is 0. The summed E-state index contributed by atoms with van der Waals surface area (Å²) in [5.41, 5.74) is 0. The minimum atomic E-state index is -0.941. The minimum Gasteiger partial charge on any atom is -0.375 e. The van der Waals surface area contributed by atoms with E-state index in [1.165, 1.54) is 7.05 Å². The summed E-state index contributed by atoms with van der Waals surface area (Å²) in [6.07, 6.45) is 1.36. The molecule has 0 aliphatic carbocycles. The molecule has 0 aromatic heterocycles. The van der Waals surface area contributed by atoms with Gasteiger partial charge in [-0.2, -0.15) is 0 Å². The lowest BCUT2D eigenvalue weighted by molar-refractivity contribution is -0.142. The standard InChI is InChI=1S/C15H23NO6/c1-4-6-19-8-10-21-12-13(15(18)16(3)14(12)17)22-11-9-20-7-5-2/h4-5,12-13H,1-2,6-11H2,3H3. The van der Waals surface area contributed by atoms with Crippen LogP contribution in [0.1, 0.15) is 0 Å². The van der Waals surface area contributed by atoms with E-state index in [1.54, 1.807) is 12.2 Å². The fraction of sp³-hybridized carbons (Fsp3) is 0.600. The molecule has 2 atom stereocenters. The number of carbonyl (C=O) groups is 2. The van der Waals surface area contributed by atoms with Crippen molar-refractivity contribution < 1.29 is 28.5 Å². The SMILES string of the molecule is C=CCOCCOC1C(=O)N(C)C(=O)C1OCCOCC=C. The molecule has 1 aliphatic rings. The first-order chi connectivity index (χ1) is 10.6. The van der Waals surface area contributed by atoms with E-state index in [0.29, 0.717) is 26.4 Å². The van der Waals surface area contributed by atoms with Crippen molar-refractivity contribution in [2.24, 2.45) is 0 Å². The molecule has 0 saturated carbocycles. The summed E-state index contributed by atoms with van der Waals surface area (Å²) in [6.45, 7) is 8.86. The van der Waals surface area contributed by atoms with Gasteiger partial charge in [-0.05, 0) is 0 Å². The predicted molar refractivity (Wildman–Crippen MR) is 79.3 cm³/mol. The summed E-state index contributed by atoms with van der Waals surface area (Å²) in [4.78, 5) is 25.0. The molecule has 0 radical (unpaired) electrons. The highest BCUT2D eigenvalue weighted by atomic mass is 16.6. The van der Waals surface area contributed by atoms with Gasteiger partial charge in [-0.25, -0.2) is 0 Å². The van der Waals surface area contributed by atoms with Crippen LogP contribution in [-0.4, -0.2) is 75.6 Å². The molecule has 1 aliphatic heterocycles. The van der Waals surface area contributed by atoms with Crippen molar-refractivity contribution >= 4 is 11.8 Å². The van der Waals surface area contributed by atoms with E-state index in [0.717, 1.165) is 4.90 Å². The maximum absolute atomic E-state index is 12.0. The normalized spacial score (nSPS) is 21.4. The quantitative estimate of drug-likeness (QED) is 0.290. The van der Waals surface area contributed by atoms with Crippen molar-refractivity contribution in [3.8, 4) is 0 Å². The van der Waals surface area contributed by atoms with Crippen LogP contribution in [0.3, 0.4) is 0 Å². The molecular weight excluding hydrogens is 290 g/mol. The van der Waals surface area contributed by atoms with E-state index < -0.39 is 24.0 Å². The fourth-order valence-electron chi connectivity index (χ4n) is 1.87. The van der Waals surface area contributed by atoms with Crippen LogP contribution in [0, 0.1) is 0 Å². The lowest BCUT2D eigenvalue weighted by Gasteiger charge is -2.16. The summed E-state index contributed by atoms with van der Waals surface area (Å²) < 4.78 is 21.2. The summed E-state index contributed by atoms with van der Waals surface area (Å²) in [7, 11) is 1.41. The third kappa shape index (κ3) is 5.34. The molecule has 2 unspecified atom stereocenters. The summed E-state index contributed by atoms with van der Waals surface area (Å²) in [6, 6.07) is 0. The number of likely N-dealkylation sites (tertiary alicyclic amines) is 1. The third-order valence-electron chi connectivity index (χ3n) is 2.94. The van der Waals surface area contributed by atoms with Gasteiger partial charge in [0, 0.05) is 7.05 Å². The van der Waals surface area contributed by atoms with E-state index in [-0.39, 0.29) is 13.2 Å². The first-order valence-corrected chi connectivity index (χ1v) is 7.05. The van der Waals surface area contributed by atoms with E-state index in [1.807, 2.05) is 0 Å². The maximum Gasteiger partial charge on any atom is 0.261 e. The van der Waals surface area contributed by atoms with Crippen molar-refractivity contribution in [2.75, 3.05) is 46.7 Å². The first kappa shape index (κ1) is 18.5. The number of amides is 2. The van der Waals surface area contributed by atoms with Crippen molar-refractivity contribution in [2.45, 2.75) is 12.2 Å². The zero-order chi connectivity index (χ0) is 16.4. The topological polar surface area (TPSA) is 74.3 Å². The molecule has 22 heavy (non-hydrogen) atoms. The first-order valence-electron chi connectivity index (χ1n) is 7.05. The van der Waals surface area contributed by atoms with E-state index in [9.17, 15) is 9.59 Å². The highest BCUT2D eigenvalue weighted by molar-refractivity contribution is 6.07. The Morgan fingerprint density at radius 1 is 0.909 bits per heavy atom. The van der Waals surface area contributed by atoms with Gasteiger partial charge in [0.2, 0.25) is 0 Å². The molecule has 0 aromatic rings. The van der Waals surface area contributed by atoms with Gasteiger partial charge in [0.1, 0.15) is 0 Å². The minimum absolute atomic E-state index is 0.193. The number of carbonyl (C=O) groups excluding carboxylic acids is 2. The van der Waals surface area contributed by atoms with Crippen LogP contribution in [0.15, 0.2) is 25.3 Å². The average molecular weight is 313 g/mol. The molecule has 0 bridgehead atoms. The lowest BCUT2D eigenvalue weighted by Crippen LogP contribution is -2.36. The highest BCUT2D eigenvalue weighted by Crippen LogP contribution is 2.18. The highest BCUT2D eigenvalue weighted by Gasteiger charge is 2.47. The molecule has 7 nitrogen and oxygen atoms in total. The molecular formula is C15H23NO6. The van der Waals surface area contributed by atoms with Crippen LogP contribution in [0.5, 0.6) is 0 Å². The molecule has 0 N–H and O–H groups in total. The Morgan fingerprint density at radius 2 is 1.32 bits per heavy atom. The van der Waals surface area contributed by atoms with Crippen LogP contribution < -0.4 is 0 Å². The van der Waals surface area contributed by atoms with Gasteiger partial charge >= 0.3 is 0 Å². The number of nitrogens with zero attached hydrogens (tertiary/aromatic N) is 1. The number of rotatable bonds is 12. The Kier molecular flexibility index (Phi) is 8.61. The summed E-state index contributed by atoms with van der Waals surface area (Å²) in [5.74, 6) is -0.823. The molecule has 2 amide bonds. The molecule has 1 saturated heterocycles. The second-order valence-electron chi connectivity index (χ2n) is 4.55. The van der Waals surface area contributed by atoms with Crippen molar-refractivity contribution in [3.63, 3.8) is 0 Å². The van der Waals surface area contributed by atoms with Crippen LogP contribution in [0.4, 0.5) is 0 Å². The fourth-order valence-corrected chi connectivity index (χ4v) is 1.87. The molecule has 124 valence electrons. The lowest BCUT2D eigenvalue weighted by atomic mass is 10.2. The zero-order valence-corrected chi connectivity index (χ0v) is 12.9. The van der Waals surface area contributed by atoms with Crippen LogP contribution in [0.25, 0.3) is 0 Å². The Hall–Kier alpha value is -1.54. The number of ether oxygens (including phenoxy) is 4. The van der Waals surface area contributed by atoms with Gasteiger partial charge in [-0.1, -0.05) is 12.2 Å². The predicted octanol–water partition coefficient (Wildman–Crippen LogP) is 0.161. The number of hydrogen-bond acceptors (Lipinski definition) is 6. The van der Waals surface area contributed by atoms with Crippen LogP contribution in [-0.2, 0) is 28.5 Å². The van der Waals surface area contributed by atoms with Gasteiger partial charge in [-0.3, -0.25) is 14.5 Å². The van der Waals surface area contributed by atoms with Crippen molar-refractivity contribution in [1.82, 2.24) is 4.90 Å². The second kappa shape index (κ2) is 10.2. The van der Waals surface area contributed by atoms with Gasteiger partial charge in [0.25, 0.3) is 11.8 Å². The largest absolute Gasteiger partial charge is 0.375 e. The van der Waals surface area contributed by atoms with Crippen LogP contribution in [0.2, 0.25) is 0 Å². The number of likely N-dealkylation sites (N-methyl/N-ethyl adjacent to an activating group) is 1. The van der Waals surface area contributed by atoms with Gasteiger partial charge in [0.05, 0.1) is 39.6 Å². The van der Waals surface area contributed by atoms with Gasteiger partial charge < -0.3 is 18.9 Å². The van der Waals surface area contributed by atoms with Crippen molar-refractivity contribution in [1.29, 1.82) is 0 Å². The monoisotopic (exact) mass is 313 g/mol.